The second-order valence-corrected chi connectivity index (χ2v) is 5.20. The highest BCUT2D eigenvalue weighted by atomic mass is 16.3. The van der Waals surface area contributed by atoms with Crippen LogP contribution in [0.15, 0.2) is 0 Å². The van der Waals surface area contributed by atoms with Crippen molar-refractivity contribution in [1.29, 1.82) is 0 Å². The van der Waals surface area contributed by atoms with E-state index in [1.165, 1.54) is 38.5 Å². The lowest BCUT2D eigenvalue weighted by molar-refractivity contribution is 0.251. The average molecular weight is 182 g/mol. The van der Waals surface area contributed by atoms with Crippen LogP contribution in [0.5, 0.6) is 0 Å². The quantitative estimate of drug-likeness (QED) is 0.693. The Hall–Kier alpha value is -0.0400. The Morgan fingerprint density at radius 2 is 1.85 bits per heavy atom. The van der Waals surface area contributed by atoms with Crippen molar-refractivity contribution in [1.82, 2.24) is 0 Å². The molecule has 2 aliphatic carbocycles. The molecule has 1 nitrogen and oxygen atoms in total. The summed E-state index contributed by atoms with van der Waals surface area (Å²) in [6.07, 6.45) is 8.19. The molecule has 0 radical (unpaired) electrons. The third-order valence-corrected chi connectivity index (χ3v) is 4.49. The van der Waals surface area contributed by atoms with Crippen LogP contribution in [0.25, 0.3) is 0 Å². The minimum atomic E-state index is 0.440. The highest BCUT2D eigenvalue weighted by molar-refractivity contribution is 5.26. The second-order valence-electron chi connectivity index (χ2n) is 5.20. The summed E-state index contributed by atoms with van der Waals surface area (Å²) in [7, 11) is 0. The average Bonchev–Trinajstić information content (AvgIpc) is 2.94. The van der Waals surface area contributed by atoms with Crippen molar-refractivity contribution in [3.05, 3.63) is 0 Å². The summed E-state index contributed by atoms with van der Waals surface area (Å²) < 4.78 is 0. The maximum Gasteiger partial charge on any atom is 0.0465 e. The fourth-order valence-electron chi connectivity index (χ4n) is 3.80. The van der Waals surface area contributed by atoms with Gasteiger partial charge in [-0.05, 0) is 42.4 Å². The van der Waals surface area contributed by atoms with Gasteiger partial charge in [-0.25, -0.2) is 0 Å². The molecule has 0 heterocycles. The van der Waals surface area contributed by atoms with Gasteiger partial charge in [0.05, 0.1) is 0 Å². The van der Waals surface area contributed by atoms with E-state index in [0.29, 0.717) is 23.4 Å². The summed E-state index contributed by atoms with van der Waals surface area (Å²) in [5.41, 5.74) is 1.30. The van der Waals surface area contributed by atoms with Crippen molar-refractivity contribution in [3.8, 4) is 0 Å². The molecule has 0 aliphatic heterocycles. The molecule has 2 fully saturated rings. The van der Waals surface area contributed by atoms with E-state index in [9.17, 15) is 0 Å². The molecule has 0 unspecified atom stereocenters. The van der Waals surface area contributed by atoms with Crippen LogP contribution in [-0.4, -0.2) is 11.7 Å². The number of aliphatic hydroxyl groups is 1. The Balaban J connectivity index is 1.97. The predicted molar refractivity (Wildman–Crippen MR) is 54.5 cm³/mol. The standard InChI is InChI=1S/C12H22O/c1-3-5-11(6-4-2)9-12(11)7-10(12)8-13/h10,13H,3-9H2,1-2H3/t10-,12-/m1/s1. The van der Waals surface area contributed by atoms with Gasteiger partial charge >= 0.3 is 0 Å². The van der Waals surface area contributed by atoms with Gasteiger partial charge in [-0.3, -0.25) is 0 Å². The van der Waals surface area contributed by atoms with E-state index in [1.54, 1.807) is 0 Å². The largest absolute Gasteiger partial charge is 0.396 e. The van der Waals surface area contributed by atoms with Crippen LogP contribution in [0.4, 0.5) is 0 Å². The van der Waals surface area contributed by atoms with E-state index >= 15 is 0 Å². The Labute approximate surface area is 81.5 Å². The van der Waals surface area contributed by atoms with Crippen LogP contribution in [0.3, 0.4) is 0 Å². The zero-order valence-electron chi connectivity index (χ0n) is 8.97. The van der Waals surface area contributed by atoms with Crippen molar-refractivity contribution in [2.24, 2.45) is 16.7 Å². The Morgan fingerprint density at radius 3 is 2.23 bits per heavy atom. The minimum Gasteiger partial charge on any atom is -0.396 e. The monoisotopic (exact) mass is 182 g/mol. The molecule has 0 aromatic carbocycles. The first-order chi connectivity index (χ1) is 6.24. The fraction of sp³-hybridized carbons (Fsp3) is 1.00. The molecule has 13 heavy (non-hydrogen) atoms. The summed E-state index contributed by atoms with van der Waals surface area (Å²) in [5, 5.41) is 9.15. The van der Waals surface area contributed by atoms with Crippen molar-refractivity contribution in [2.45, 2.75) is 52.4 Å². The normalized spacial score (nSPS) is 39.5. The lowest BCUT2D eigenvalue weighted by atomic mass is 9.90. The molecule has 1 spiro atoms. The third kappa shape index (κ3) is 1.16. The van der Waals surface area contributed by atoms with Crippen molar-refractivity contribution < 1.29 is 5.11 Å². The van der Waals surface area contributed by atoms with Crippen LogP contribution in [0.2, 0.25) is 0 Å². The Bertz CT molecular complexity index is 193. The maximum atomic E-state index is 9.15. The molecule has 2 saturated carbocycles. The van der Waals surface area contributed by atoms with Gasteiger partial charge in [0.15, 0.2) is 0 Å². The second kappa shape index (κ2) is 2.98. The lowest BCUT2D eigenvalue weighted by Gasteiger charge is -2.15. The molecular weight excluding hydrogens is 160 g/mol. The highest BCUT2D eigenvalue weighted by Gasteiger charge is 2.77. The van der Waals surface area contributed by atoms with Gasteiger partial charge in [0, 0.05) is 6.61 Å². The number of hydrogen-bond acceptors (Lipinski definition) is 1. The summed E-state index contributed by atoms with van der Waals surface area (Å²) >= 11 is 0. The zero-order chi connectivity index (χ0) is 9.53. The van der Waals surface area contributed by atoms with E-state index in [4.69, 9.17) is 5.11 Å². The third-order valence-electron chi connectivity index (χ3n) is 4.49. The molecule has 0 aromatic heterocycles. The van der Waals surface area contributed by atoms with Gasteiger partial charge in [-0.15, -0.1) is 0 Å². The molecule has 0 amide bonds. The smallest absolute Gasteiger partial charge is 0.0465 e. The van der Waals surface area contributed by atoms with Crippen LogP contribution in [0, 0.1) is 16.7 Å². The van der Waals surface area contributed by atoms with E-state index in [1.807, 2.05) is 0 Å². The molecule has 0 saturated heterocycles. The summed E-state index contributed by atoms with van der Waals surface area (Å²) in [6, 6.07) is 0. The van der Waals surface area contributed by atoms with E-state index < -0.39 is 0 Å². The van der Waals surface area contributed by atoms with E-state index in [2.05, 4.69) is 13.8 Å². The number of rotatable bonds is 5. The highest BCUT2D eigenvalue weighted by Crippen LogP contribution is 2.84. The molecule has 2 atom stereocenters. The fourth-order valence-corrected chi connectivity index (χ4v) is 3.80. The van der Waals surface area contributed by atoms with E-state index in [-0.39, 0.29) is 0 Å². The molecule has 0 bridgehead atoms. The van der Waals surface area contributed by atoms with Gasteiger partial charge in [-0.2, -0.15) is 0 Å². The molecule has 2 rings (SSSR count). The van der Waals surface area contributed by atoms with Gasteiger partial charge in [-0.1, -0.05) is 26.7 Å². The summed E-state index contributed by atoms with van der Waals surface area (Å²) in [6.45, 7) is 5.02. The topological polar surface area (TPSA) is 20.2 Å². The SMILES string of the molecule is CCCC1(CCC)C[C@@]12C[C@@H]2CO. The maximum absolute atomic E-state index is 9.15. The van der Waals surface area contributed by atoms with Gasteiger partial charge in [0.1, 0.15) is 0 Å². The van der Waals surface area contributed by atoms with Crippen LogP contribution in [-0.2, 0) is 0 Å². The van der Waals surface area contributed by atoms with Crippen LogP contribution >= 0.6 is 0 Å². The van der Waals surface area contributed by atoms with Crippen LogP contribution < -0.4 is 0 Å². The van der Waals surface area contributed by atoms with E-state index in [0.717, 1.165) is 0 Å². The van der Waals surface area contributed by atoms with Crippen molar-refractivity contribution in [2.75, 3.05) is 6.61 Å². The van der Waals surface area contributed by atoms with Crippen LogP contribution in [0.1, 0.15) is 52.4 Å². The number of hydrogen-bond donors (Lipinski definition) is 1. The van der Waals surface area contributed by atoms with Gasteiger partial charge < -0.3 is 5.11 Å². The van der Waals surface area contributed by atoms with Gasteiger partial charge in [0.2, 0.25) is 0 Å². The minimum absolute atomic E-state index is 0.440. The summed E-state index contributed by atoms with van der Waals surface area (Å²) in [4.78, 5) is 0. The Kier molecular flexibility index (Phi) is 2.18. The van der Waals surface area contributed by atoms with Crippen molar-refractivity contribution in [3.63, 3.8) is 0 Å². The first-order valence-corrected chi connectivity index (χ1v) is 5.85. The molecule has 1 N–H and O–H groups in total. The molecular formula is C12H22O. The zero-order valence-corrected chi connectivity index (χ0v) is 8.97. The Morgan fingerprint density at radius 1 is 1.23 bits per heavy atom. The first-order valence-electron chi connectivity index (χ1n) is 5.85. The van der Waals surface area contributed by atoms with Crippen molar-refractivity contribution >= 4 is 0 Å². The van der Waals surface area contributed by atoms with Gasteiger partial charge in [0.25, 0.3) is 0 Å². The number of aliphatic hydroxyl groups excluding tert-OH is 1. The molecule has 2 aliphatic rings. The molecule has 76 valence electrons. The lowest BCUT2D eigenvalue weighted by Crippen LogP contribution is -2.06. The molecule has 0 aromatic rings. The summed E-state index contributed by atoms with van der Waals surface area (Å²) in [5.74, 6) is 0.672. The predicted octanol–water partition coefficient (Wildman–Crippen LogP) is 2.98. The first kappa shape index (κ1) is 9.51. The molecule has 1 heteroatoms.